The zero-order valence-corrected chi connectivity index (χ0v) is 16.5. The smallest absolute Gasteiger partial charge is 0.276 e. The van der Waals surface area contributed by atoms with Gasteiger partial charge in [-0.1, -0.05) is 12.1 Å². The van der Waals surface area contributed by atoms with E-state index < -0.39 is 0 Å². The molecule has 152 valence electrons. The van der Waals surface area contributed by atoms with Gasteiger partial charge < -0.3 is 14.4 Å². The fraction of sp³-hybridized carbons (Fsp3) is 0.227. The van der Waals surface area contributed by atoms with Gasteiger partial charge in [0.15, 0.2) is 0 Å². The number of fused-ring (bicyclic) bond motifs is 3. The number of piperazine rings is 1. The van der Waals surface area contributed by atoms with Gasteiger partial charge in [-0.15, -0.1) is 0 Å². The number of hydrogen-bond acceptors (Lipinski definition) is 4. The van der Waals surface area contributed by atoms with Crippen LogP contribution in [-0.4, -0.2) is 51.2 Å². The van der Waals surface area contributed by atoms with Crippen LogP contribution in [0.4, 0.5) is 10.1 Å². The molecule has 5 rings (SSSR count). The van der Waals surface area contributed by atoms with Crippen LogP contribution in [0.1, 0.15) is 10.4 Å². The van der Waals surface area contributed by atoms with E-state index in [1.807, 2.05) is 17.0 Å². The molecule has 3 heterocycles. The van der Waals surface area contributed by atoms with Gasteiger partial charge in [0.25, 0.3) is 11.5 Å². The summed E-state index contributed by atoms with van der Waals surface area (Å²) in [6.07, 6.45) is 1.59. The molecule has 0 aliphatic carbocycles. The van der Waals surface area contributed by atoms with Crippen LogP contribution in [0.5, 0.6) is 0 Å². The second-order valence-electron chi connectivity index (χ2n) is 7.43. The van der Waals surface area contributed by atoms with E-state index in [2.05, 4.69) is 5.10 Å². The third-order valence-electron chi connectivity index (χ3n) is 5.74. The molecule has 0 saturated carbocycles. The molecule has 2 aromatic heterocycles. The Balaban J connectivity index is 1.42. The number of amides is 1. The number of nitrogens with zero attached hydrogens (tertiary/aromatic N) is 5. The molecule has 1 amide bonds. The van der Waals surface area contributed by atoms with Crippen LogP contribution in [0, 0.1) is 5.82 Å². The van der Waals surface area contributed by atoms with Gasteiger partial charge in [-0.05, 0) is 36.4 Å². The summed E-state index contributed by atoms with van der Waals surface area (Å²) < 4.78 is 17.2. The average Bonchev–Trinajstić information content (AvgIpc) is 3.27. The van der Waals surface area contributed by atoms with Crippen molar-refractivity contribution in [1.29, 1.82) is 0 Å². The second-order valence-corrected chi connectivity index (χ2v) is 7.43. The summed E-state index contributed by atoms with van der Waals surface area (Å²) in [5.41, 5.74) is 2.82. The minimum absolute atomic E-state index is 0.0990. The molecule has 1 aliphatic heterocycles. The Morgan fingerprint density at radius 3 is 2.50 bits per heavy atom. The number of para-hydroxylation sites is 1. The average molecular weight is 405 g/mol. The summed E-state index contributed by atoms with van der Waals surface area (Å²) in [7, 11) is 1.69. The molecule has 0 atom stereocenters. The van der Waals surface area contributed by atoms with Gasteiger partial charge in [-0.2, -0.15) is 5.10 Å². The first-order chi connectivity index (χ1) is 14.5. The van der Waals surface area contributed by atoms with Crippen LogP contribution in [0.15, 0.2) is 59.5 Å². The maximum atomic E-state index is 14.0. The Morgan fingerprint density at radius 2 is 1.73 bits per heavy atom. The van der Waals surface area contributed by atoms with E-state index in [1.165, 1.54) is 6.07 Å². The Hall–Kier alpha value is -3.68. The highest BCUT2D eigenvalue weighted by atomic mass is 19.1. The maximum absolute atomic E-state index is 14.0. The normalized spacial score (nSPS) is 14.6. The molecule has 30 heavy (non-hydrogen) atoms. The minimum Gasteiger partial charge on any atom is -0.366 e. The van der Waals surface area contributed by atoms with Crippen LogP contribution in [-0.2, 0) is 7.05 Å². The number of rotatable bonds is 2. The lowest BCUT2D eigenvalue weighted by Gasteiger charge is -2.36. The van der Waals surface area contributed by atoms with Crippen LogP contribution in [0.25, 0.3) is 16.6 Å². The summed E-state index contributed by atoms with van der Waals surface area (Å²) in [5, 5.41) is 4.23. The van der Waals surface area contributed by atoms with E-state index >= 15 is 0 Å². The zero-order valence-electron chi connectivity index (χ0n) is 16.5. The van der Waals surface area contributed by atoms with Gasteiger partial charge in [0.2, 0.25) is 0 Å². The van der Waals surface area contributed by atoms with Gasteiger partial charge in [0.05, 0.1) is 22.9 Å². The molecule has 1 aliphatic rings. The molecule has 0 unspecified atom stereocenters. The quantitative estimate of drug-likeness (QED) is 0.513. The van der Waals surface area contributed by atoms with Crippen LogP contribution < -0.4 is 10.5 Å². The monoisotopic (exact) mass is 405 g/mol. The van der Waals surface area contributed by atoms with Crippen molar-refractivity contribution in [3.63, 3.8) is 0 Å². The van der Waals surface area contributed by atoms with Crippen molar-refractivity contribution in [3.8, 4) is 0 Å². The number of halogens is 1. The van der Waals surface area contributed by atoms with Crippen molar-refractivity contribution < 1.29 is 9.18 Å². The highest BCUT2D eigenvalue weighted by molar-refractivity contribution is 5.97. The maximum Gasteiger partial charge on any atom is 0.276 e. The molecule has 1 saturated heterocycles. The van der Waals surface area contributed by atoms with Crippen molar-refractivity contribution >= 4 is 28.1 Å². The molecule has 0 radical (unpaired) electrons. The number of aromatic nitrogens is 3. The van der Waals surface area contributed by atoms with E-state index in [-0.39, 0.29) is 17.3 Å². The van der Waals surface area contributed by atoms with Crippen LogP contribution in [0.3, 0.4) is 0 Å². The fourth-order valence-corrected chi connectivity index (χ4v) is 4.08. The Labute approximate surface area is 171 Å². The molecule has 8 heteroatoms. The third kappa shape index (κ3) is 2.83. The first-order valence-corrected chi connectivity index (χ1v) is 9.80. The number of anilines is 1. The van der Waals surface area contributed by atoms with Crippen LogP contribution in [0.2, 0.25) is 0 Å². The number of hydrogen-bond donors (Lipinski definition) is 0. The van der Waals surface area contributed by atoms with Crippen molar-refractivity contribution in [2.75, 3.05) is 31.1 Å². The van der Waals surface area contributed by atoms with Gasteiger partial charge in [0.1, 0.15) is 11.3 Å². The molecule has 0 bridgehead atoms. The highest BCUT2D eigenvalue weighted by Gasteiger charge is 2.24. The topological polar surface area (TPSA) is 62.9 Å². The molecule has 0 N–H and O–H groups in total. The number of carbonyl (C=O) groups is 1. The SMILES string of the molecule is Cn1c(=O)c2ccnn2c2ccc(C(=O)N3CCN(c4ccccc4F)CC3)cc21. The van der Waals surface area contributed by atoms with E-state index in [1.54, 1.807) is 57.6 Å². The van der Waals surface area contributed by atoms with E-state index in [0.717, 1.165) is 5.52 Å². The molecule has 4 aromatic rings. The molecular weight excluding hydrogens is 385 g/mol. The summed E-state index contributed by atoms with van der Waals surface area (Å²) in [6.45, 7) is 2.13. The molecule has 0 spiro atoms. The van der Waals surface area contributed by atoms with Gasteiger partial charge in [0, 0.05) is 38.8 Å². The predicted molar refractivity (Wildman–Crippen MR) is 112 cm³/mol. The van der Waals surface area contributed by atoms with E-state index in [0.29, 0.717) is 48.5 Å². The molecule has 1 fully saturated rings. The van der Waals surface area contributed by atoms with E-state index in [9.17, 15) is 14.0 Å². The molecular formula is C22H20FN5O2. The lowest BCUT2D eigenvalue weighted by Crippen LogP contribution is -2.49. The summed E-state index contributed by atoms with van der Waals surface area (Å²) in [4.78, 5) is 29.4. The first kappa shape index (κ1) is 18.4. The van der Waals surface area contributed by atoms with E-state index in [4.69, 9.17) is 0 Å². The predicted octanol–water partition coefficient (Wildman–Crippen LogP) is 2.29. The van der Waals surface area contributed by atoms with Crippen molar-refractivity contribution in [1.82, 2.24) is 19.1 Å². The lowest BCUT2D eigenvalue weighted by atomic mass is 10.1. The standard InChI is InChI=1S/C22H20FN5O2/c1-25-20-14-15(6-7-18(20)28-19(22(25)30)8-9-24-28)21(29)27-12-10-26(11-13-27)17-5-3-2-4-16(17)23/h2-9,14H,10-13H2,1H3. The van der Waals surface area contributed by atoms with Gasteiger partial charge in [-0.3, -0.25) is 9.59 Å². The minimum atomic E-state index is -0.252. The van der Waals surface area contributed by atoms with Gasteiger partial charge in [-0.25, -0.2) is 8.91 Å². The third-order valence-corrected chi connectivity index (χ3v) is 5.74. The fourth-order valence-electron chi connectivity index (χ4n) is 4.08. The summed E-state index contributed by atoms with van der Waals surface area (Å²) in [6, 6.07) is 13.7. The lowest BCUT2D eigenvalue weighted by molar-refractivity contribution is 0.0747. The Kier molecular flexibility index (Phi) is 4.27. The van der Waals surface area contributed by atoms with Crippen LogP contribution >= 0.6 is 0 Å². The zero-order chi connectivity index (χ0) is 20.8. The Morgan fingerprint density at radius 1 is 0.967 bits per heavy atom. The van der Waals surface area contributed by atoms with Crippen molar-refractivity contribution in [2.24, 2.45) is 7.05 Å². The second kappa shape index (κ2) is 6.98. The summed E-state index contributed by atoms with van der Waals surface area (Å²) >= 11 is 0. The molecule has 7 nitrogen and oxygen atoms in total. The first-order valence-electron chi connectivity index (χ1n) is 9.80. The largest absolute Gasteiger partial charge is 0.366 e. The molecule has 2 aromatic carbocycles. The Bertz CT molecular complexity index is 1330. The summed E-state index contributed by atoms with van der Waals surface area (Å²) in [5.74, 6) is -0.351. The highest BCUT2D eigenvalue weighted by Crippen LogP contribution is 2.22. The van der Waals surface area contributed by atoms with Crippen molar-refractivity contribution in [3.05, 3.63) is 76.5 Å². The number of aryl methyl sites for hydroxylation is 1. The number of benzene rings is 2. The van der Waals surface area contributed by atoms with Crippen molar-refractivity contribution in [2.45, 2.75) is 0 Å². The van der Waals surface area contributed by atoms with Gasteiger partial charge >= 0.3 is 0 Å². The number of carbonyl (C=O) groups excluding carboxylic acids is 1.